The van der Waals surface area contributed by atoms with E-state index in [-0.39, 0.29) is 0 Å². The van der Waals surface area contributed by atoms with Crippen LogP contribution in [0.15, 0.2) is 42.7 Å². The second-order valence-electron chi connectivity index (χ2n) is 5.02. The van der Waals surface area contributed by atoms with Gasteiger partial charge in [0.25, 0.3) is 5.91 Å². The number of nitrogens with two attached hydrogens (primary N) is 2. The molecule has 0 bridgehead atoms. The van der Waals surface area contributed by atoms with Crippen molar-refractivity contribution in [1.29, 1.82) is 0 Å². The smallest absolute Gasteiger partial charge is 0.250 e. The Labute approximate surface area is 127 Å². The molecule has 112 valence electrons. The summed E-state index contributed by atoms with van der Waals surface area (Å²) in [5.74, 6) is 0.248. The summed E-state index contributed by atoms with van der Waals surface area (Å²) in [6.45, 7) is 0.607. The number of hydrogen-bond donors (Lipinski definition) is 2. The van der Waals surface area contributed by atoms with E-state index < -0.39 is 5.91 Å². The second-order valence-corrected chi connectivity index (χ2v) is 5.02. The number of carbonyl (C=O) groups excluding carboxylic acids is 1. The number of ether oxygens (including phenoxy) is 1. The van der Waals surface area contributed by atoms with Gasteiger partial charge in [0.1, 0.15) is 5.75 Å². The molecule has 22 heavy (non-hydrogen) atoms. The quantitative estimate of drug-likeness (QED) is 0.717. The second kappa shape index (κ2) is 5.40. The average molecular weight is 296 g/mol. The lowest BCUT2D eigenvalue weighted by Gasteiger charge is -2.08. The molecule has 4 N–H and O–H groups in total. The van der Waals surface area contributed by atoms with Gasteiger partial charge in [-0.15, -0.1) is 0 Å². The van der Waals surface area contributed by atoms with Gasteiger partial charge in [-0.3, -0.25) is 4.79 Å². The Morgan fingerprint density at radius 3 is 2.86 bits per heavy atom. The Hall–Kier alpha value is -3.02. The van der Waals surface area contributed by atoms with Crippen molar-refractivity contribution in [1.82, 2.24) is 9.55 Å². The molecule has 0 unspecified atom stereocenters. The van der Waals surface area contributed by atoms with Gasteiger partial charge in [-0.25, -0.2) is 4.98 Å². The van der Waals surface area contributed by atoms with Crippen LogP contribution in [0.2, 0.25) is 0 Å². The Bertz CT molecular complexity index is 854. The molecule has 6 nitrogen and oxygen atoms in total. The normalized spacial score (nSPS) is 10.8. The average Bonchev–Trinajstić information content (AvgIpc) is 2.88. The van der Waals surface area contributed by atoms with Crippen LogP contribution >= 0.6 is 0 Å². The number of hydrogen-bond acceptors (Lipinski definition) is 4. The van der Waals surface area contributed by atoms with Crippen LogP contribution in [0.4, 0.5) is 5.69 Å². The zero-order chi connectivity index (χ0) is 15.7. The first-order valence-electron chi connectivity index (χ1n) is 6.75. The van der Waals surface area contributed by atoms with E-state index in [1.54, 1.807) is 25.6 Å². The van der Waals surface area contributed by atoms with Crippen LogP contribution in [0, 0.1) is 0 Å². The zero-order valence-electron chi connectivity index (χ0n) is 12.1. The highest BCUT2D eigenvalue weighted by atomic mass is 16.5. The molecule has 0 radical (unpaired) electrons. The molecule has 0 fully saturated rings. The molecule has 0 saturated heterocycles. The number of aromatic nitrogens is 2. The van der Waals surface area contributed by atoms with E-state index in [0.29, 0.717) is 17.8 Å². The summed E-state index contributed by atoms with van der Waals surface area (Å²) in [5, 5.41) is 0. The van der Waals surface area contributed by atoms with Gasteiger partial charge >= 0.3 is 0 Å². The summed E-state index contributed by atoms with van der Waals surface area (Å²) in [6, 6.07) is 11.1. The van der Waals surface area contributed by atoms with Crippen molar-refractivity contribution >= 4 is 22.6 Å². The van der Waals surface area contributed by atoms with Crippen molar-refractivity contribution in [2.24, 2.45) is 5.73 Å². The lowest BCUT2D eigenvalue weighted by Crippen LogP contribution is -2.13. The third kappa shape index (κ3) is 2.46. The van der Waals surface area contributed by atoms with Crippen LogP contribution in [0.25, 0.3) is 11.0 Å². The predicted octanol–water partition coefficient (Wildman–Crippen LogP) is 1.77. The molecule has 1 amide bonds. The number of rotatable bonds is 4. The molecule has 0 aliphatic rings. The number of primary amides is 1. The van der Waals surface area contributed by atoms with Gasteiger partial charge in [0.15, 0.2) is 0 Å². The molecule has 0 atom stereocenters. The molecule has 0 aliphatic carbocycles. The van der Waals surface area contributed by atoms with Gasteiger partial charge in [-0.1, -0.05) is 12.1 Å². The third-order valence-electron chi connectivity index (χ3n) is 3.54. The number of anilines is 1. The molecule has 0 aliphatic heterocycles. The number of benzene rings is 2. The molecule has 3 aromatic rings. The first-order chi connectivity index (χ1) is 10.6. The number of imidazole rings is 1. The minimum Gasteiger partial charge on any atom is -0.497 e. The van der Waals surface area contributed by atoms with E-state index in [4.69, 9.17) is 16.2 Å². The summed E-state index contributed by atoms with van der Waals surface area (Å²) in [4.78, 5) is 15.8. The largest absolute Gasteiger partial charge is 0.497 e. The summed E-state index contributed by atoms with van der Waals surface area (Å²) >= 11 is 0. The van der Waals surface area contributed by atoms with Gasteiger partial charge in [-0.05, 0) is 29.8 Å². The van der Waals surface area contributed by atoms with Crippen molar-refractivity contribution in [3.8, 4) is 5.75 Å². The third-order valence-corrected chi connectivity index (χ3v) is 3.54. The van der Waals surface area contributed by atoms with Crippen LogP contribution in [0.5, 0.6) is 5.75 Å². The minimum atomic E-state index is -0.548. The molecule has 6 heteroatoms. The Kier molecular flexibility index (Phi) is 3.42. The van der Waals surface area contributed by atoms with E-state index in [0.717, 1.165) is 22.3 Å². The highest BCUT2D eigenvalue weighted by Gasteiger charge is 2.11. The van der Waals surface area contributed by atoms with E-state index in [1.807, 2.05) is 28.8 Å². The first kappa shape index (κ1) is 13.9. The van der Waals surface area contributed by atoms with E-state index in [9.17, 15) is 4.79 Å². The number of fused-ring (bicyclic) bond motifs is 1. The predicted molar refractivity (Wildman–Crippen MR) is 84.8 cm³/mol. The number of nitrogen functional groups attached to an aromatic ring is 1. The fourth-order valence-corrected chi connectivity index (χ4v) is 2.43. The summed E-state index contributed by atoms with van der Waals surface area (Å²) < 4.78 is 7.17. The first-order valence-corrected chi connectivity index (χ1v) is 6.75. The standard InChI is InChI=1S/C16H16N4O2/c1-22-11-4-2-3-10(5-11)8-20-9-19-14-7-13(17)12(16(18)21)6-15(14)20/h2-7,9H,8,17H2,1H3,(H2,18,21). The monoisotopic (exact) mass is 296 g/mol. The fourth-order valence-electron chi connectivity index (χ4n) is 2.43. The molecule has 1 heterocycles. The van der Waals surface area contributed by atoms with Crippen molar-refractivity contribution in [3.63, 3.8) is 0 Å². The van der Waals surface area contributed by atoms with Crippen LogP contribution < -0.4 is 16.2 Å². The SMILES string of the molecule is COc1cccc(Cn2cnc3cc(N)c(C(N)=O)cc32)c1. The molecule has 0 saturated carbocycles. The number of methoxy groups -OCH3 is 1. The fraction of sp³-hybridized carbons (Fsp3) is 0.125. The lowest BCUT2D eigenvalue weighted by atomic mass is 10.1. The van der Waals surface area contributed by atoms with Crippen LogP contribution in [-0.2, 0) is 6.54 Å². The molecule has 1 aromatic heterocycles. The lowest BCUT2D eigenvalue weighted by molar-refractivity contribution is 0.100. The number of nitrogens with zero attached hydrogens (tertiary/aromatic N) is 2. The zero-order valence-corrected chi connectivity index (χ0v) is 12.1. The van der Waals surface area contributed by atoms with Gasteiger partial charge in [-0.2, -0.15) is 0 Å². The number of amides is 1. The maximum atomic E-state index is 11.4. The van der Waals surface area contributed by atoms with Crippen LogP contribution in [0.3, 0.4) is 0 Å². The highest BCUT2D eigenvalue weighted by Crippen LogP contribution is 2.22. The van der Waals surface area contributed by atoms with Crippen LogP contribution in [-0.4, -0.2) is 22.6 Å². The summed E-state index contributed by atoms with van der Waals surface area (Å²) in [7, 11) is 1.63. The molecule has 3 rings (SSSR count). The topological polar surface area (TPSA) is 96.2 Å². The van der Waals surface area contributed by atoms with Crippen LogP contribution in [0.1, 0.15) is 15.9 Å². The summed E-state index contributed by atoms with van der Waals surface area (Å²) in [5.41, 5.74) is 14.4. The van der Waals surface area contributed by atoms with Crippen molar-refractivity contribution in [2.75, 3.05) is 12.8 Å². The Morgan fingerprint density at radius 2 is 2.14 bits per heavy atom. The molecular weight excluding hydrogens is 280 g/mol. The maximum Gasteiger partial charge on any atom is 0.250 e. The van der Waals surface area contributed by atoms with E-state index >= 15 is 0 Å². The Balaban J connectivity index is 2.03. The van der Waals surface area contributed by atoms with Gasteiger partial charge in [0.05, 0.1) is 30.0 Å². The maximum absolute atomic E-state index is 11.4. The molecule has 2 aromatic carbocycles. The molecular formula is C16H16N4O2. The highest BCUT2D eigenvalue weighted by molar-refractivity contribution is 6.01. The van der Waals surface area contributed by atoms with Gasteiger partial charge in [0.2, 0.25) is 0 Å². The summed E-state index contributed by atoms with van der Waals surface area (Å²) in [6.07, 6.45) is 1.72. The van der Waals surface area contributed by atoms with Gasteiger partial charge < -0.3 is 20.8 Å². The minimum absolute atomic E-state index is 0.305. The molecule has 0 spiro atoms. The van der Waals surface area contributed by atoms with Gasteiger partial charge in [0, 0.05) is 12.2 Å². The van der Waals surface area contributed by atoms with Crippen molar-refractivity contribution in [3.05, 3.63) is 53.9 Å². The Morgan fingerprint density at radius 1 is 1.32 bits per heavy atom. The van der Waals surface area contributed by atoms with E-state index in [2.05, 4.69) is 4.98 Å². The van der Waals surface area contributed by atoms with E-state index in [1.165, 1.54) is 0 Å². The number of carbonyl (C=O) groups is 1. The van der Waals surface area contributed by atoms with Crippen molar-refractivity contribution in [2.45, 2.75) is 6.54 Å². The van der Waals surface area contributed by atoms with Crippen molar-refractivity contribution < 1.29 is 9.53 Å².